The summed E-state index contributed by atoms with van der Waals surface area (Å²) in [5.41, 5.74) is -1.30. The molecule has 0 atom stereocenters. The van der Waals surface area contributed by atoms with Crippen molar-refractivity contribution in [1.29, 1.82) is 0 Å². The lowest BCUT2D eigenvalue weighted by Gasteiger charge is -2.13. The number of anilines is 4. The number of alkyl halides is 3. The van der Waals surface area contributed by atoms with Crippen molar-refractivity contribution in [3.63, 3.8) is 0 Å². The maximum Gasteiger partial charge on any atom is 0.416 e. The van der Waals surface area contributed by atoms with Gasteiger partial charge in [0.15, 0.2) is 0 Å². The Morgan fingerprint density at radius 2 is 1.51 bits per heavy atom. The number of nitrogens with one attached hydrogen (secondary N) is 2. The van der Waals surface area contributed by atoms with Crippen molar-refractivity contribution in [1.82, 2.24) is 9.97 Å². The quantitative estimate of drug-likeness (QED) is 0.202. The van der Waals surface area contributed by atoms with Gasteiger partial charge in [0.1, 0.15) is 17.8 Å². The molecule has 1 aromatic heterocycles. The number of benzene rings is 3. The molecule has 0 aliphatic heterocycles. The molecule has 4 aromatic rings. The van der Waals surface area contributed by atoms with Crippen molar-refractivity contribution in [2.45, 2.75) is 6.18 Å². The van der Waals surface area contributed by atoms with Crippen LogP contribution in [0.1, 0.15) is 5.56 Å². The normalized spacial score (nSPS) is 11.1. The van der Waals surface area contributed by atoms with Gasteiger partial charge >= 0.3 is 11.9 Å². The minimum atomic E-state index is -4.62. The smallest absolute Gasteiger partial charge is 0.416 e. The third-order valence-electron chi connectivity index (χ3n) is 4.65. The topological polar surface area (TPSA) is 102 Å². The number of nitrogens with zero attached hydrogens (tertiary/aromatic N) is 3. The second-order valence-corrected chi connectivity index (χ2v) is 7.47. The van der Waals surface area contributed by atoms with E-state index >= 15 is 0 Å². The molecule has 8 nitrogen and oxygen atoms in total. The lowest BCUT2D eigenvalue weighted by molar-refractivity contribution is -0.383. The van der Waals surface area contributed by atoms with Gasteiger partial charge in [-0.1, -0.05) is 29.8 Å². The van der Waals surface area contributed by atoms with Gasteiger partial charge in [-0.05, 0) is 54.6 Å². The second kappa shape index (κ2) is 9.85. The van der Waals surface area contributed by atoms with E-state index in [2.05, 4.69) is 20.6 Å². The molecule has 0 saturated heterocycles. The molecular formula is C23H15ClF3N5O3. The summed E-state index contributed by atoms with van der Waals surface area (Å²) in [5, 5.41) is 17.1. The first kappa shape index (κ1) is 23.8. The van der Waals surface area contributed by atoms with Gasteiger partial charge < -0.3 is 15.4 Å². The molecule has 4 rings (SSSR count). The number of halogens is 4. The summed E-state index contributed by atoms with van der Waals surface area (Å²) in [6.45, 7) is 0. The van der Waals surface area contributed by atoms with E-state index in [9.17, 15) is 23.3 Å². The third-order valence-corrected chi connectivity index (χ3v) is 4.98. The maximum absolute atomic E-state index is 13.1. The van der Waals surface area contributed by atoms with Crippen molar-refractivity contribution in [2.24, 2.45) is 0 Å². The molecule has 0 bridgehead atoms. The molecule has 0 fully saturated rings. The zero-order chi connectivity index (χ0) is 25.0. The zero-order valence-electron chi connectivity index (χ0n) is 17.6. The highest BCUT2D eigenvalue weighted by Crippen LogP contribution is 2.38. The molecule has 3 aromatic carbocycles. The van der Waals surface area contributed by atoms with Gasteiger partial charge in [-0.15, -0.1) is 0 Å². The number of ether oxygens (including phenoxy) is 1. The van der Waals surface area contributed by atoms with E-state index in [-0.39, 0.29) is 22.3 Å². The van der Waals surface area contributed by atoms with Gasteiger partial charge in [-0.3, -0.25) is 10.1 Å². The predicted octanol–water partition coefficient (Wildman–Crippen LogP) is 7.34. The summed E-state index contributed by atoms with van der Waals surface area (Å²) >= 11 is 6.00. The van der Waals surface area contributed by atoms with Crippen molar-refractivity contribution in [2.75, 3.05) is 10.6 Å². The highest BCUT2D eigenvalue weighted by atomic mass is 35.5. The van der Waals surface area contributed by atoms with E-state index in [4.69, 9.17) is 16.3 Å². The maximum atomic E-state index is 13.1. The van der Waals surface area contributed by atoms with Gasteiger partial charge in [0, 0.05) is 5.69 Å². The monoisotopic (exact) mass is 501 g/mol. The van der Waals surface area contributed by atoms with E-state index < -0.39 is 22.4 Å². The van der Waals surface area contributed by atoms with Gasteiger partial charge in [-0.2, -0.15) is 13.2 Å². The van der Waals surface area contributed by atoms with E-state index in [1.54, 1.807) is 36.4 Å². The average Bonchev–Trinajstić information content (AvgIpc) is 2.81. The Morgan fingerprint density at radius 1 is 0.886 bits per heavy atom. The summed E-state index contributed by atoms with van der Waals surface area (Å²) in [6.07, 6.45) is -3.59. The van der Waals surface area contributed by atoms with Crippen LogP contribution in [0.5, 0.6) is 11.5 Å². The molecule has 0 unspecified atom stereocenters. The average molecular weight is 502 g/mol. The molecule has 0 aliphatic rings. The van der Waals surface area contributed by atoms with Gasteiger partial charge in [-0.25, -0.2) is 9.97 Å². The summed E-state index contributed by atoms with van der Waals surface area (Å²) < 4.78 is 44.9. The number of rotatable bonds is 7. The Balaban J connectivity index is 1.59. The molecule has 0 amide bonds. The van der Waals surface area contributed by atoms with Crippen LogP contribution in [0.4, 0.5) is 41.9 Å². The number of aromatic nitrogens is 2. The summed E-state index contributed by atoms with van der Waals surface area (Å²) in [5.74, 6) is 0.675. The lowest BCUT2D eigenvalue weighted by atomic mass is 10.2. The summed E-state index contributed by atoms with van der Waals surface area (Å²) in [7, 11) is 0. The van der Waals surface area contributed by atoms with Crippen LogP contribution in [0, 0.1) is 10.1 Å². The van der Waals surface area contributed by atoms with Crippen LogP contribution in [0.15, 0.2) is 79.1 Å². The molecule has 178 valence electrons. The van der Waals surface area contributed by atoms with Crippen LogP contribution in [-0.4, -0.2) is 14.9 Å². The Hall–Kier alpha value is -4.38. The van der Waals surface area contributed by atoms with Crippen molar-refractivity contribution < 1.29 is 22.8 Å². The summed E-state index contributed by atoms with van der Waals surface area (Å²) in [4.78, 5) is 18.8. The Morgan fingerprint density at radius 3 is 2.14 bits per heavy atom. The SMILES string of the molecule is O=[N+]([O-])c1c(Nc2ccc(Oc3ccccc3)cc2)ncnc1Nc1cc(C(F)(F)F)ccc1Cl. The van der Waals surface area contributed by atoms with Crippen molar-refractivity contribution in [3.05, 3.63) is 99.8 Å². The number of para-hydroxylation sites is 1. The third kappa shape index (κ3) is 5.76. The molecular weight excluding hydrogens is 487 g/mol. The van der Waals surface area contributed by atoms with Crippen LogP contribution >= 0.6 is 11.6 Å². The molecule has 35 heavy (non-hydrogen) atoms. The molecule has 0 aliphatic carbocycles. The van der Waals surface area contributed by atoms with E-state index in [0.29, 0.717) is 17.2 Å². The Kier molecular flexibility index (Phi) is 6.69. The highest BCUT2D eigenvalue weighted by molar-refractivity contribution is 6.33. The molecule has 1 heterocycles. The fourth-order valence-corrected chi connectivity index (χ4v) is 3.19. The first-order valence-electron chi connectivity index (χ1n) is 9.94. The van der Waals surface area contributed by atoms with Crippen molar-refractivity contribution in [3.8, 4) is 11.5 Å². The molecule has 0 spiro atoms. The van der Waals surface area contributed by atoms with Gasteiger partial charge in [0.2, 0.25) is 11.6 Å². The van der Waals surface area contributed by atoms with Crippen LogP contribution < -0.4 is 15.4 Å². The Labute approximate surface area is 201 Å². The van der Waals surface area contributed by atoms with E-state index in [1.807, 2.05) is 18.2 Å². The minimum Gasteiger partial charge on any atom is -0.457 e. The van der Waals surface area contributed by atoms with Crippen LogP contribution in [0.25, 0.3) is 0 Å². The predicted molar refractivity (Wildman–Crippen MR) is 125 cm³/mol. The standard InChI is InChI=1S/C23H15ClF3N5O3/c24-18-11-6-14(23(25,26)27)12-19(18)31-22-20(32(33)34)21(28-13-29-22)30-15-7-9-17(10-8-15)35-16-4-2-1-3-5-16/h1-13H,(H2,28,29,30,31). The number of hydrogen-bond donors (Lipinski definition) is 2. The van der Waals surface area contributed by atoms with Gasteiger partial charge in [0.25, 0.3) is 0 Å². The second-order valence-electron chi connectivity index (χ2n) is 7.06. The first-order chi connectivity index (χ1) is 16.7. The fourth-order valence-electron chi connectivity index (χ4n) is 3.03. The van der Waals surface area contributed by atoms with Crippen LogP contribution in [0.3, 0.4) is 0 Å². The zero-order valence-corrected chi connectivity index (χ0v) is 18.3. The molecule has 0 saturated carbocycles. The minimum absolute atomic E-state index is 0.0746. The highest BCUT2D eigenvalue weighted by Gasteiger charge is 2.31. The largest absolute Gasteiger partial charge is 0.457 e. The number of hydrogen-bond acceptors (Lipinski definition) is 7. The Bertz CT molecular complexity index is 1350. The summed E-state index contributed by atoms with van der Waals surface area (Å²) in [6, 6.07) is 18.3. The molecule has 0 radical (unpaired) electrons. The van der Waals surface area contributed by atoms with Crippen LogP contribution in [-0.2, 0) is 6.18 Å². The fraction of sp³-hybridized carbons (Fsp3) is 0.0435. The van der Waals surface area contributed by atoms with Gasteiger partial charge in [0.05, 0.1) is 21.2 Å². The van der Waals surface area contributed by atoms with Crippen LogP contribution in [0.2, 0.25) is 5.02 Å². The molecule has 12 heteroatoms. The molecule has 2 N–H and O–H groups in total. The van der Waals surface area contributed by atoms with E-state index in [0.717, 1.165) is 24.5 Å². The van der Waals surface area contributed by atoms with E-state index in [1.165, 1.54) is 0 Å². The van der Waals surface area contributed by atoms with Crippen molar-refractivity contribution >= 4 is 40.3 Å². The first-order valence-corrected chi connectivity index (χ1v) is 10.3. The number of nitro groups is 1. The lowest BCUT2D eigenvalue weighted by Crippen LogP contribution is -2.08.